The van der Waals surface area contributed by atoms with Crippen molar-refractivity contribution in [2.75, 3.05) is 18.4 Å². The van der Waals surface area contributed by atoms with Crippen molar-refractivity contribution in [3.63, 3.8) is 0 Å². The van der Waals surface area contributed by atoms with Gasteiger partial charge in [0.25, 0.3) is 5.91 Å². The molecule has 1 saturated carbocycles. The minimum atomic E-state index is -0.141. The van der Waals surface area contributed by atoms with Gasteiger partial charge in [-0.2, -0.15) is 0 Å². The summed E-state index contributed by atoms with van der Waals surface area (Å²) in [5.41, 5.74) is 0.375. The number of hydrogen-bond donors (Lipinski definition) is 2. The van der Waals surface area contributed by atoms with E-state index in [4.69, 9.17) is 0 Å². The van der Waals surface area contributed by atoms with Crippen molar-refractivity contribution >= 4 is 11.7 Å². The van der Waals surface area contributed by atoms with E-state index >= 15 is 0 Å². The molecule has 1 aliphatic rings. The summed E-state index contributed by atoms with van der Waals surface area (Å²) in [5, 5.41) is 5.95. The molecule has 98 valence electrons. The summed E-state index contributed by atoms with van der Waals surface area (Å²) in [6, 6.07) is 0. The number of amides is 1. The average molecular weight is 248 g/mol. The largest absolute Gasteiger partial charge is 0.369 e. The Morgan fingerprint density at radius 2 is 2.22 bits per heavy atom. The smallest absolute Gasteiger partial charge is 0.271 e. The van der Waals surface area contributed by atoms with Crippen molar-refractivity contribution in [1.82, 2.24) is 15.3 Å². The van der Waals surface area contributed by atoms with Crippen LogP contribution in [0.15, 0.2) is 12.4 Å². The number of carbonyl (C=O) groups is 1. The highest BCUT2D eigenvalue weighted by Gasteiger charge is 2.27. The Morgan fingerprint density at radius 1 is 1.44 bits per heavy atom. The molecule has 0 bridgehead atoms. The third-order valence-corrected chi connectivity index (χ3v) is 3.25. The lowest BCUT2D eigenvalue weighted by atomic mass is 10.1. The second-order valence-electron chi connectivity index (χ2n) is 4.84. The van der Waals surface area contributed by atoms with Crippen molar-refractivity contribution < 1.29 is 4.79 Å². The molecule has 1 heterocycles. The summed E-state index contributed by atoms with van der Waals surface area (Å²) in [6.45, 7) is 5.68. The highest BCUT2D eigenvalue weighted by molar-refractivity contribution is 5.91. The van der Waals surface area contributed by atoms with Crippen LogP contribution in [-0.2, 0) is 0 Å². The maximum atomic E-state index is 11.8. The van der Waals surface area contributed by atoms with Crippen molar-refractivity contribution in [1.29, 1.82) is 0 Å². The van der Waals surface area contributed by atoms with Gasteiger partial charge in [-0.25, -0.2) is 9.97 Å². The Kier molecular flexibility index (Phi) is 4.12. The third kappa shape index (κ3) is 3.42. The lowest BCUT2D eigenvalue weighted by molar-refractivity contribution is 0.0941. The van der Waals surface area contributed by atoms with Crippen LogP contribution in [0.4, 0.5) is 5.82 Å². The minimum absolute atomic E-state index is 0.141. The van der Waals surface area contributed by atoms with Gasteiger partial charge in [-0.1, -0.05) is 6.92 Å². The molecule has 5 nitrogen and oxygen atoms in total. The Balaban J connectivity index is 1.83. The molecule has 1 unspecified atom stereocenters. The molecule has 0 radical (unpaired) electrons. The van der Waals surface area contributed by atoms with Gasteiger partial charge in [0.15, 0.2) is 0 Å². The molecule has 1 atom stereocenters. The third-order valence-electron chi connectivity index (χ3n) is 3.25. The predicted molar refractivity (Wildman–Crippen MR) is 70.4 cm³/mol. The Labute approximate surface area is 107 Å². The van der Waals surface area contributed by atoms with Crippen LogP contribution < -0.4 is 10.6 Å². The van der Waals surface area contributed by atoms with Crippen LogP contribution in [0.1, 0.15) is 37.2 Å². The minimum Gasteiger partial charge on any atom is -0.369 e. The number of hydrogen-bond acceptors (Lipinski definition) is 4. The molecule has 5 heteroatoms. The van der Waals surface area contributed by atoms with E-state index in [1.165, 1.54) is 19.0 Å². The van der Waals surface area contributed by atoms with Crippen LogP contribution >= 0.6 is 0 Å². The molecular formula is C13H20N4O. The van der Waals surface area contributed by atoms with Gasteiger partial charge < -0.3 is 10.6 Å². The molecule has 0 aromatic carbocycles. The highest BCUT2D eigenvalue weighted by Crippen LogP contribution is 2.36. The Hall–Kier alpha value is -1.65. The number of carbonyl (C=O) groups excluding carboxylic acids is 1. The molecule has 18 heavy (non-hydrogen) atoms. The van der Waals surface area contributed by atoms with Crippen LogP contribution in [-0.4, -0.2) is 29.0 Å². The zero-order valence-electron chi connectivity index (χ0n) is 10.9. The SMILES string of the molecule is CCNc1cnc(C(=O)NCC(C)C2CC2)cn1. The van der Waals surface area contributed by atoms with Crippen molar-refractivity contribution in [3.8, 4) is 0 Å². The second-order valence-corrected chi connectivity index (χ2v) is 4.84. The van der Waals surface area contributed by atoms with Gasteiger partial charge >= 0.3 is 0 Å². The van der Waals surface area contributed by atoms with E-state index in [0.29, 0.717) is 17.4 Å². The average Bonchev–Trinajstić information content (AvgIpc) is 3.21. The molecule has 1 amide bonds. The number of nitrogens with zero attached hydrogens (tertiary/aromatic N) is 2. The molecule has 0 spiro atoms. The fraction of sp³-hybridized carbons (Fsp3) is 0.615. The van der Waals surface area contributed by atoms with Crippen LogP contribution in [0.5, 0.6) is 0 Å². The topological polar surface area (TPSA) is 66.9 Å². The summed E-state index contributed by atoms with van der Waals surface area (Å²) in [7, 11) is 0. The van der Waals surface area contributed by atoms with E-state index < -0.39 is 0 Å². The van der Waals surface area contributed by atoms with Gasteiger partial charge in [-0.05, 0) is 31.6 Å². The molecule has 1 aliphatic carbocycles. The van der Waals surface area contributed by atoms with Crippen molar-refractivity contribution in [2.45, 2.75) is 26.7 Å². The van der Waals surface area contributed by atoms with E-state index in [1.807, 2.05) is 6.92 Å². The normalized spacial score (nSPS) is 16.1. The van der Waals surface area contributed by atoms with Crippen LogP contribution in [0.25, 0.3) is 0 Å². The lowest BCUT2D eigenvalue weighted by Crippen LogP contribution is -2.29. The summed E-state index contributed by atoms with van der Waals surface area (Å²) >= 11 is 0. The van der Waals surface area contributed by atoms with E-state index in [2.05, 4.69) is 27.5 Å². The quantitative estimate of drug-likeness (QED) is 0.804. The predicted octanol–water partition coefficient (Wildman–Crippen LogP) is 1.68. The number of nitrogens with one attached hydrogen (secondary N) is 2. The van der Waals surface area contributed by atoms with E-state index in [-0.39, 0.29) is 5.91 Å². The first-order chi connectivity index (χ1) is 8.70. The summed E-state index contributed by atoms with van der Waals surface area (Å²) in [6.07, 6.45) is 5.69. The first-order valence-corrected chi connectivity index (χ1v) is 6.54. The molecule has 0 aliphatic heterocycles. The van der Waals surface area contributed by atoms with Crippen molar-refractivity contribution in [2.24, 2.45) is 11.8 Å². The standard InChI is InChI=1S/C13H20N4O/c1-3-14-12-8-15-11(7-16-12)13(18)17-6-9(2)10-4-5-10/h7-10H,3-6H2,1-2H3,(H,14,16)(H,17,18). The molecule has 1 aromatic heterocycles. The fourth-order valence-electron chi connectivity index (χ4n) is 1.89. The van der Waals surface area contributed by atoms with Crippen molar-refractivity contribution in [3.05, 3.63) is 18.1 Å². The summed E-state index contributed by atoms with van der Waals surface area (Å²) < 4.78 is 0. The molecule has 1 fully saturated rings. The first-order valence-electron chi connectivity index (χ1n) is 6.54. The summed E-state index contributed by atoms with van der Waals surface area (Å²) in [5.74, 6) is 1.91. The van der Waals surface area contributed by atoms with E-state index in [0.717, 1.165) is 19.0 Å². The Morgan fingerprint density at radius 3 is 2.78 bits per heavy atom. The molecule has 1 aromatic rings. The van der Waals surface area contributed by atoms with Crippen LogP contribution in [0.2, 0.25) is 0 Å². The van der Waals surface area contributed by atoms with Gasteiger partial charge in [-0.3, -0.25) is 4.79 Å². The van der Waals surface area contributed by atoms with Gasteiger partial charge in [0, 0.05) is 13.1 Å². The highest BCUT2D eigenvalue weighted by atomic mass is 16.1. The second kappa shape index (κ2) is 5.80. The zero-order valence-corrected chi connectivity index (χ0v) is 10.9. The van der Waals surface area contributed by atoms with Crippen LogP contribution in [0.3, 0.4) is 0 Å². The first kappa shape index (κ1) is 12.8. The van der Waals surface area contributed by atoms with Gasteiger partial charge in [0.05, 0.1) is 12.4 Å². The monoisotopic (exact) mass is 248 g/mol. The van der Waals surface area contributed by atoms with E-state index in [1.54, 1.807) is 6.20 Å². The fourth-order valence-corrected chi connectivity index (χ4v) is 1.89. The van der Waals surface area contributed by atoms with Gasteiger partial charge in [0.1, 0.15) is 11.5 Å². The summed E-state index contributed by atoms with van der Waals surface area (Å²) in [4.78, 5) is 20.1. The van der Waals surface area contributed by atoms with Gasteiger partial charge in [0.2, 0.25) is 0 Å². The van der Waals surface area contributed by atoms with Crippen LogP contribution in [0, 0.1) is 11.8 Å². The maximum absolute atomic E-state index is 11.8. The van der Waals surface area contributed by atoms with E-state index in [9.17, 15) is 4.79 Å². The molecule has 2 N–H and O–H groups in total. The lowest BCUT2D eigenvalue weighted by Gasteiger charge is -2.11. The molecule has 2 rings (SSSR count). The number of aromatic nitrogens is 2. The zero-order chi connectivity index (χ0) is 13.0. The number of anilines is 1. The van der Waals surface area contributed by atoms with Gasteiger partial charge in [-0.15, -0.1) is 0 Å². The maximum Gasteiger partial charge on any atom is 0.271 e. The molecule has 0 saturated heterocycles. The molecular weight excluding hydrogens is 228 g/mol. The number of rotatable bonds is 6. The Bertz CT molecular complexity index is 400.